The molecule has 1 aromatic carbocycles. The fourth-order valence-electron chi connectivity index (χ4n) is 1.73. The van der Waals surface area contributed by atoms with E-state index in [9.17, 15) is 0 Å². The minimum atomic E-state index is 0.283. The summed E-state index contributed by atoms with van der Waals surface area (Å²) in [6.45, 7) is 5.58. The van der Waals surface area contributed by atoms with Gasteiger partial charge in [-0.3, -0.25) is 0 Å². The summed E-state index contributed by atoms with van der Waals surface area (Å²) in [6, 6.07) is 11.0. The molecule has 0 aliphatic heterocycles. The maximum Gasteiger partial charge on any atom is 0.0441 e. The van der Waals surface area contributed by atoms with Crippen LogP contribution in [0, 0.1) is 0 Å². The van der Waals surface area contributed by atoms with Crippen LogP contribution in [0.2, 0.25) is 0 Å². The van der Waals surface area contributed by atoms with Crippen molar-refractivity contribution >= 4 is 11.8 Å². The molecule has 3 heteroatoms. The van der Waals surface area contributed by atoms with Crippen molar-refractivity contribution in [3.63, 3.8) is 0 Å². The Bertz CT molecular complexity index is 292. The highest BCUT2D eigenvalue weighted by atomic mass is 32.2. The molecule has 0 saturated carbocycles. The van der Waals surface area contributed by atoms with E-state index >= 15 is 0 Å². The predicted octanol–water partition coefficient (Wildman–Crippen LogP) is 2.84. The molecule has 0 aliphatic carbocycles. The van der Waals surface area contributed by atoms with Gasteiger partial charge in [0, 0.05) is 23.7 Å². The van der Waals surface area contributed by atoms with Crippen LogP contribution in [0.4, 0.5) is 0 Å². The number of rotatable bonds is 8. The van der Waals surface area contributed by atoms with Gasteiger partial charge in [-0.2, -0.15) is 11.8 Å². The van der Waals surface area contributed by atoms with Crippen LogP contribution in [0.1, 0.15) is 31.9 Å². The largest absolute Gasteiger partial charge is 0.396 e. The van der Waals surface area contributed by atoms with E-state index in [0.717, 1.165) is 18.7 Å². The third kappa shape index (κ3) is 5.57. The highest BCUT2D eigenvalue weighted by Gasteiger charge is 2.11. The first kappa shape index (κ1) is 14.6. The zero-order chi connectivity index (χ0) is 12.5. The lowest BCUT2D eigenvalue weighted by Gasteiger charge is -2.20. The third-order valence-electron chi connectivity index (χ3n) is 2.74. The van der Waals surface area contributed by atoms with E-state index in [0.29, 0.717) is 11.3 Å². The van der Waals surface area contributed by atoms with Crippen molar-refractivity contribution in [3.05, 3.63) is 35.9 Å². The number of aliphatic hydroxyl groups is 1. The first-order chi connectivity index (χ1) is 8.27. The Balaban J connectivity index is 2.49. The molecule has 0 saturated heterocycles. The highest BCUT2D eigenvalue weighted by molar-refractivity contribution is 7.99. The van der Waals surface area contributed by atoms with E-state index in [4.69, 9.17) is 5.11 Å². The van der Waals surface area contributed by atoms with E-state index in [2.05, 4.69) is 43.4 Å². The van der Waals surface area contributed by atoms with Crippen LogP contribution in [-0.4, -0.2) is 29.3 Å². The molecular formula is C14H23NOS. The molecule has 0 aromatic heterocycles. The van der Waals surface area contributed by atoms with E-state index in [-0.39, 0.29) is 6.61 Å². The van der Waals surface area contributed by atoms with Crippen LogP contribution in [-0.2, 0) is 0 Å². The lowest BCUT2D eigenvalue weighted by Crippen LogP contribution is -2.23. The Morgan fingerprint density at radius 2 is 2.00 bits per heavy atom. The molecule has 2 atom stereocenters. The van der Waals surface area contributed by atoms with Crippen molar-refractivity contribution in [2.24, 2.45) is 0 Å². The summed E-state index contributed by atoms with van der Waals surface area (Å²) >= 11 is 1.92. The predicted molar refractivity (Wildman–Crippen MR) is 76.5 cm³/mol. The average Bonchev–Trinajstić information content (AvgIpc) is 2.36. The molecular weight excluding hydrogens is 230 g/mol. The molecule has 1 rings (SSSR count). The molecule has 0 radical (unpaired) electrons. The van der Waals surface area contributed by atoms with Gasteiger partial charge in [0.15, 0.2) is 0 Å². The number of hydrogen-bond acceptors (Lipinski definition) is 3. The van der Waals surface area contributed by atoms with Gasteiger partial charge in [0.05, 0.1) is 0 Å². The second-order valence-electron chi connectivity index (χ2n) is 4.18. The lowest BCUT2D eigenvalue weighted by molar-refractivity contribution is 0.289. The van der Waals surface area contributed by atoms with Gasteiger partial charge in [-0.05, 0) is 18.5 Å². The number of benzene rings is 1. The molecule has 2 nitrogen and oxygen atoms in total. The van der Waals surface area contributed by atoms with Crippen molar-refractivity contribution in [2.75, 3.05) is 18.9 Å². The van der Waals surface area contributed by atoms with Crippen LogP contribution in [0.3, 0.4) is 0 Å². The van der Waals surface area contributed by atoms with Crippen molar-refractivity contribution < 1.29 is 5.11 Å². The molecule has 17 heavy (non-hydrogen) atoms. The maximum atomic E-state index is 8.89. The van der Waals surface area contributed by atoms with E-state index < -0.39 is 0 Å². The third-order valence-corrected chi connectivity index (χ3v) is 4.07. The van der Waals surface area contributed by atoms with Gasteiger partial charge in [-0.25, -0.2) is 0 Å². The molecule has 0 bridgehead atoms. The average molecular weight is 253 g/mol. The lowest BCUT2D eigenvalue weighted by atomic mass is 10.1. The van der Waals surface area contributed by atoms with Crippen LogP contribution >= 0.6 is 11.8 Å². The monoisotopic (exact) mass is 253 g/mol. The molecule has 0 amide bonds. The highest BCUT2D eigenvalue weighted by Crippen LogP contribution is 2.22. The minimum absolute atomic E-state index is 0.283. The Morgan fingerprint density at radius 3 is 2.59 bits per heavy atom. The van der Waals surface area contributed by atoms with E-state index in [1.807, 2.05) is 17.8 Å². The summed E-state index contributed by atoms with van der Waals surface area (Å²) in [7, 11) is 0. The van der Waals surface area contributed by atoms with Crippen molar-refractivity contribution in [2.45, 2.75) is 31.6 Å². The summed E-state index contributed by atoms with van der Waals surface area (Å²) in [5.74, 6) is 1.05. The molecule has 0 spiro atoms. The molecule has 0 fully saturated rings. The van der Waals surface area contributed by atoms with Gasteiger partial charge in [-0.15, -0.1) is 0 Å². The number of nitrogens with one attached hydrogen (secondary N) is 1. The van der Waals surface area contributed by atoms with Gasteiger partial charge in [0.1, 0.15) is 0 Å². The van der Waals surface area contributed by atoms with Gasteiger partial charge in [0.2, 0.25) is 0 Å². The van der Waals surface area contributed by atoms with Crippen LogP contribution in [0.15, 0.2) is 30.3 Å². The fraction of sp³-hybridized carbons (Fsp3) is 0.571. The number of thioether (sulfide) groups is 1. The Labute approximate surface area is 109 Å². The molecule has 0 aliphatic rings. The molecule has 0 heterocycles. The van der Waals surface area contributed by atoms with Crippen LogP contribution in [0.25, 0.3) is 0 Å². The first-order valence-electron chi connectivity index (χ1n) is 6.28. The van der Waals surface area contributed by atoms with Crippen molar-refractivity contribution in [1.29, 1.82) is 0 Å². The van der Waals surface area contributed by atoms with Crippen molar-refractivity contribution in [1.82, 2.24) is 5.32 Å². The second kappa shape index (κ2) is 8.56. The minimum Gasteiger partial charge on any atom is -0.396 e. The van der Waals surface area contributed by atoms with Gasteiger partial charge in [0.25, 0.3) is 0 Å². The van der Waals surface area contributed by atoms with Gasteiger partial charge in [-0.1, -0.05) is 44.2 Å². The van der Waals surface area contributed by atoms with Crippen molar-refractivity contribution in [3.8, 4) is 0 Å². The zero-order valence-corrected chi connectivity index (χ0v) is 11.5. The molecule has 96 valence electrons. The summed E-state index contributed by atoms with van der Waals surface area (Å²) < 4.78 is 0. The SMILES string of the molecule is CCNC(CSC(C)CCO)c1ccccc1. The fourth-order valence-corrected chi connectivity index (χ4v) is 2.83. The van der Waals surface area contributed by atoms with E-state index in [1.165, 1.54) is 5.56 Å². The Morgan fingerprint density at radius 1 is 1.29 bits per heavy atom. The number of aliphatic hydroxyl groups excluding tert-OH is 1. The standard InChI is InChI=1S/C14H23NOS/c1-3-15-14(11-17-12(2)9-10-16)13-7-5-4-6-8-13/h4-8,12,14-16H,3,9-11H2,1-2H3. The molecule has 2 N–H and O–H groups in total. The van der Waals surface area contributed by atoms with Crippen LogP contribution in [0.5, 0.6) is 0 Å². The maximum absolute atomic E-state index is 8.89. The zero-order valence-electron chi connectivity index (χ0n) is 10.7. The van der Waals surface area contributed by atoms with Gasteiger partial charge < -0.3 is 10.4 Å². The normalized spacial score (nSPS) is 14.5. The Kier molecular flexibility index (Phi) is 7.33. The summed E-state index contributed by atoms with van der Waals surface area (Å²) in [5.41, 5.74) is 1.35. The van der Waals surface area contributed by atoms with Crippen LogP contribution < -0.4 is 5.32 Å². The molecule has 1 aromatic rings. The topological polar surface area (TPSA) is 32.3 Å². The first-order valence-corrected chi connectivity index (χ1v) is 7.33. The summed E-state index contributed by atoms with van der Waals surface area (Å²) in [4.78, 5) is 0. The summed E-state index contributed by atoms with van der Waals surface area (Å²) in [5, 5.41) is 12.9. The smallest absolute Gasteiger partial charge is 0.0441 e. The van der Waals surface area contributed by atoms with E-state index in [1.54, 1.807) is 0 Å². The Hall–Kier alpha value is -0.510. The number of hydrogen-bond donors (Lipinski definition) is 2. The molecule has 2 unspecified atom stereocenters. The second-order valence-corrected chi connectivity index (χ2v) is 5.65. The van der Waals surface area contributed by atoms with Gasteiger partial charge >= 0.3 is 0 Å². The quantitative estimate of drug-likeness (QED) is 0.747. The summed E-state index contributed by atoms with van der Waals surface area (Å²) in [6.07, 6.45) is 0.873.